The molecule has 0 saturated carbocycles. The van der Waals surface area contributed by atoms with Crippen molar-refractivity contribution >= 4 is 0 Å². The van der Waals surface area contributed by atoms with Crippen molar-refractivity contribution in [3.8, 4) is 0 Å². The Bertz CT molecular complexity index is 157. The molecule has 108 valence electrons. The number of unbranched alkanes of at least 4 members (excludes halogenated alkanes) is 13. The Labute approximate surface area is 116 Å². The summed E-state index contributed by atoms with van der Waals surface area (Å²) in [6.45, 7) is 4.40. The van der Waals surface area contributed by atoms with Gasteiger partial charge in [-0.15, -0.1) is 0 Å². The van der Waals surface area contributed by atoms with Crippen LogP contribution in [0.4, 0.5) is 0 Å². The summed E-state index contributed by atoms with van der Waals surface area (Å²) >= 11 is 0. The van der Waals surface area contributed by atoms with Crippen molar-refractivity contribution in [2.24, 2.45) is 0 Å². The zero-order valence-corrected chi connectivity index (χ0v) is 13.1. The fourth-order valence-electron chi connectivity index (χ4n) is 2.45. The maximum absolute atomic E-state index is 2.29. The molecule has 0 fully saturated rings. The maximum atomic E-state index is 2.29. The van der Waals surface area contributed by atoms with Gasteiger partial charge in [0, 0.05) is 0 Å². The summed E-state index contributed by atoms with van der Waals surface area (Å²) in [7, 11) is 0. The van der Waals surface area contributed by atoms with E-state index in [-0.39, 0.29) is 0 Å². The van der Waals surface area contributed by atoms with Crippen LogP contribution in [0.3, 0.4) is 0 Å². The standard InChI is InChI=1S/C18H36/c1-3-5-7-9-11-13-15-17-18-16-14-12-10-8-6-4-2/h3,5H,4,6-18H2,1-2H3/b5-3+. The van der Waals surface area contributed by atoms with Crippen LogP contribution in [0.25, 0.3) is 0 Å². The number of hydrogen-bond acceptors (Lipinski definition) is 0. The van der Waals surface area contributed by atoms with Crippen molar-refractivity contribution < 1.29 is 0 Å². The van der Waals surface area contributed by atoms with Crippen LogP contribution in [0.1, 0.15) is 104 Å². The molecule has 0 aromatic heterocycles. The topological polar surface area (TPSA) is 0 Å². The van der Waals surface area contributed by atoms with E-state index in [1.54, 1.807) is 0 Å². The lowest BCUT2D eigenvalue weighted by Gasteiger charge is -2.02. The molecular formula is C18H36. The minimum Gasteiger partial charge on any atom is -0.0917 e. The van der Waals surface area contributed by atoms with Crippen LogP contribution in [-0.2, 0) is 0 Å². The molecule has 0 amide bonds. The second-order valence-corrected chi connectivity index (χ2v) is 5.60. The quantitative estimate of drug-likeness (QED) is 0.230. The van der Waals surface area contributed by atoms with Crippen molar-refractivity contribution in [1.29, 1.82) is 0 Å². The first-order valence-electron chi connectivity index (χ1n) is 8.53. The Morgan fingerprint density at radius 1 is 0.556 bits per heavy atom. The van der Waals surface area contributed by atoms with Gasteiger partial charge in [0.1, 0.15) is 0 Å². The summed E-state index contributed by atoms with van der Waals surface area (Å²) in [6.07, 6.45) is 24.6. The van der Waals surface area contributed by atoms with Gasteiger partial charge in [-0.25, -0.2) is 0 Å². The molecule has 0 atom stereocenters. The Morgan fingerprint density at radius 3 is 1.33 bits per heavy atom. The van der Waals surface area contributed by atoms with Gasteiger partial charge in [-0.05, 0) is 19.8 Å². The molecule has 0 rings (SSSR count). The van der Waals surface area contributed by atoms with E-state index in [1.165, 1.54) is 89.9 Å². The van der Waals surface area contributed by atoms with Gasteiger partial charge < -0.3 is 0 Å². The third-order valence-corrected chi connectivity index (χ3v) is 3.71. The largest absolute Gasteiger partial charge is 0.0917 e. The third kappa shape index (κ3) is 15.7. The molecule has 0 aliphatic heterocycles. The number of rotatable bonds is 14. The Balaban J connectivity index is 2.90. The molecule has 0 nitrogen and oxygen atoms in total. The highest BCUT2D eigenvalue weighted by Crippen LogP contribution is 2.12. The van der Waals surface area contributed by atoms with E-state index in [0.29, 0.717) is 0 Å². The van der Waals surface area contributed by atoms with Gasteiger partial charge in [0.15, 0.2) is 0 Å². The van der Waals surface area contributed by atoms with Gasteiger partial charge in [0.05, 0.1) is 0 Å². The molecule has 0 spiro atoms. The first kappa shape index (κ1) is 17.7. The van der Waals surface area contributed by atoms with Crippen molar-refractivity contribution in [3.05, 3.63) is 12.2 Å². The van der Waals surface area contributed by atoms with Crippen LogP contribution in [0.5, 0.6) is 0 Å². The molecule has 0 aliphatic carbocycles. The van der Waals surface area contributed by atoms with E-state index in [0.717, 1.165) is 0 Å². The van der Waals surface area contributed by atoms with Crippen molar-refractivity contribution in [2.45, 2.75) is 104 Å². The normalized spacial score (nSPS) is 11.4. The molecule has 0 aliphatic rings. The molecule has 18 heavy (non-hydrogen) atoms. The first-order chi connectivity index (χ1) is 8.91. The first-order valence-corrected chi connectivity index (χ1v) is 8.53. The average molecular weight is 252 g/mol. The smallest absolute Gasteiger partial charge is 0.0351 e. The molecule has 0 saturated heterocycles. The van der Waals surface area contributed by atoms with Gasteiger partial charge in [-0.3, -0.25) is 0 Å². The van der Waals surface area contributed by atoms with Crippen LogP contribution >= 0.6 is 0 Å². The van der Waals surface area contributed by atoms with Crippen LogP contribution in [0.2, 0.25) is 0 Å². The highest BCUT2D eigenvalue weighted by atomic mass is 14.0. The summed E-state index contributed by atoms with van der Waals surface area (Å²) in [5, 5.41) is 0. The third-order valence-electron chi connectivity index (χ3n) is 3.71. The zero-order chi connectivity index (χ0) is 13.3. The SMILES string of the molecule is C/C=C/CCCCCCCCCCCCCCC. The van der Waals surface area contributed by atoms with Crippen LogP contribution in [-0.4, -0.2) is 0 Å². The van der Waals surface area contributed by atoms with E-state index in [9.17, 15) is 0 Å². The highest BCUT2D eigenvalue weighted by molar-refractivity contribution is 4.76. The van der Waals surface area contributed by atoms with Gasteiger partial charge in [-0.2, -0.15) is 0 Å². The highest BCUT2D eigenvalue weighted by Gasteiger charge is 1.93. The number of hydrogen-bond donors (Lipinski definition) is 0. The van der Waals surface area contributed by atoms with Crippen LogP contribution in [0, 0.1) is 0 Å². The lowest BCUT2D eigenvalue weighted by atomic mass is 10.0. The summed E-state index contributed by atoms with van der Waals surface area (Å²) < 4.78 is 0. The van der Waals surface area contributed by atoms with E-state index < -0.39 is 0 Å². The van der Waals surface area contributed by atoms with Crippen LogP contribution < -0.4 is 0 Å². The van der Waals surface area contributed by atoms with Crippen molar-refractivity contribution in [1.82, 2.24) is 0 Å². The molecule has 0 aromatic carbocycles. The number of allylic oxidation sites excluding steroid dienone is 2. The fourth-order valence-corrected chi connectivity index (χ4v) is 2.45. The summed E-state index contributed by atoms with van der Waals surface area (Å²) in [4.78, 5) is 0. The lowest BCUT2D eigenvalue weighted by Crippen LogP contribution is -1.82. The monoisotopic (exact) mass is 252 g/mol. The van der Waals surface area contributed by atoms with Gasteiger partial charge in [0.2, 0.25) is 0 Å². The molecule has 0 radical (unpaired) electrons. The van der Waals surface area contributed by atoms with Gasteiger partial charge in [-0.1, -0.05) is 96.1 Å². The molecular weight excluding hydrogens is 216 g/mol. The summed E-state index contributed by atoms with van der Waals surface area (Å²) in [5.74, 6) is 0. The van der Waals surface area contributed by atoms with E-state index in [4.69, 9.17) is 0 Å². The Hall–Kier alpha value is -0.260. The van der Waals surface area contributed by atoms with Gasteiger partial charge in [0.25, 0.3) is 0 Å². The summed E-state index contributed by atoms with van der Waals surface area (Å²) in [5.41, 5.74) is 0. The second kappa shape index (κ2) is 16.7. The zero-order valence-electron chi connectivity index (χ0n) is 13.1. The predicted molar refractivity (Wildman–Crippen MR) is 85.1 cm³/mol. The maximum Gasteiger partial charge on any atom is -0.0351 e. The molecule has 0 aromatic rings. The Morgan fingerprint density at radius 2 is 0.944 bits per heavy atom. The van der Waals surface area contributed by atoms with Crippen LogP contribution in [0.15, 0.2) is 12.2 Å². The molecule has 0 unspecified atom stereocenters. The second-order valence-electron chi connectivity index (χ2n) is 5.60. The lowest BCUT2D eigenvalue weighted by molar-refractivity contribution is 0.540. The van der Waals surface area contributed by atoms with E-state index >= 15 is 0 Å². The fraction of sp³-hybridized carbons (Fsp3) is 0.889. The summed E-state index contributed by atoms with van der Waals surface area (Å²) in [6, 6.07) is 0. The van der Waals surface area contributed by atoms with E-state index in [1.807, 2.05) is 0 Å². The molecule has 0 heteroatoms. The van der Waals surface area contributed by atoms with E-state index in [2.05, 4.69) is 26.0 Å². The molecule has 0 bridgehead atoms. The molecule has 0 N–H and O–H groups in total. The minimum atomic E-state index is 1.29. The van der Waals surface area contributed by atoms with Crippen molar-refractivity contribution in [2.75, 3.05) is 0 Å². The average Bonchev–Trinajstić information content (AvgIpc) is 2.39. The van der Waals surface area contributed by atoms with Gasteiger partial charge >= 0.3 is 0 Å². The van der Waals surface area contributed by atoms with Crippen molar-refractivity contribution in [3.63, 3.8) is 0 Å². The molecule has 0 heterocycles. The predicted octanol–water partition coefficient (Wildman–Crippen LogP) is 7.04. The minimum absolute atomic E-state index is 1.29. The Kier molecular flexibility index (Phi) is 16.5.